The molecule has 0 spiro atoms. The second-order valence-electron chi connectivity index (χ2n) is 4.31. The van der Waals surface area contributed by atoms with E-state index in [1.807, 2.05) is 0 Å². The van der Waals surface area contributed by atoms with Crippen molar-refractivity contribution < 1.29 is 28.3 Å². The molecular weight excluding hydrogens is 305 g/mol. The fourth-order valence-corrected chi connectivity index (χ4v) is 2.17. The Kier molecular flexibility index (Phi) is 3.42. The van der Waals surface area contributed by atoms with Gasteiger partial charge in [-0.2, -0.15) is 0 Å². The lowest BCUT2D eigenvalue weighted by atomic mass is 10.1. The second-order valence-corrected chi connectivity index (χ2v) is 4.71. The Morgan fingerprint density at radius 3 is 2.81 bits per heavy atom. The lowest BCUT2D eigenvalue weighted by Crippen LogP contribution is -1.99. The molecule has 0 radical (unpaired) electrons. The quantitative estimate of drug-likeness (QED) is 0.917. The summed E-state index contributed by atoms with van der Waals surface area (Å²) in [7, 11) is 0. The molecule has 0 unspecified atom stereocenters. The minimum absolute atomic E-state index is 0.0193. The van der Waals surface area contributed by atoms with E-state index in [0.29, 0.717) is 19.6 Å². The molecule has 1 N–H and O–H groups in total. The summed E-state index contributed by atoms with van der Waals surface area (Å²) in [5.41, 5.74) is -0.0928. The van der Waals surface area contributed by atoms with Crippen LogP contribution in [0.25, 0.3) is 11.3 Å². The summed E-state index contributed by atoms with van der Waals surface area (Å²) in [6.45, 7) is 0.748. The molecule has 0 amide bonds. The summed E-state index contributed by atoms with van der Waals surface area (Å²) in [6.07, 6.45) is 0.631. The van der Waals surface area contributed by atoms with Crippen molar-refractivity contribution >= 4 is 17.6 Å². The van der Waals surface area contributed by atoms with Crippen molar-refractivity contribution in [2.75, 3.05) is 13.2 Å². The summed E-state index contributed by atoms with van der Waals surface area (Å²) >= 11 is 5.84. The number of carboxylic acid groups (broad SMARTS) is 1. The largest absolute Gasteiger partial charge is 0.489 e. The van der Waals surface area contributed by atoms with Crippen molar-refractivity contribution in [1.82, 2.24) is 5.16 Å². The zero-order valence-corrected chi connectivity index (χ0v) is 11.3. The minimum Gasteiger partial charge on any atom is -0.489 e. The Bertz CT molecular complexity index is 715. The van der Waals surface area contributed by atoms with Gasteiger partial charge in [0.25, 0.3) is 0 Å². The van der Waals surface area contributed by atoms with Crippen LogP contribution in [0, 0.1) is 5.82 Å². The van der Waals surface area contributed by atoms with Gasteiger partial charge in [0.05, 0.1) is 23.8 Å². The summed E-state index contributed by atoms with van der Waals surface area (Å²) in [5.74, 6) is -2.06. The number of ether oxygens (including phenoxy) is 2. The van der Waals surface area contributed by atoms with Crippen LogP contribution in [-0.4, -0.2) is 29.4 Å². The normalized spacial score (nSPS) is 13.8. The Balaban J connectivity index is 2.19. The van der Waals surface area contributed by atoms with Crippen molar-refractivity contribution in [1.29, 1.82) is 0 Å². The highest BCUT2D eigenvalue weighted by molar-refractivity contribution is 6.31. The van der Waals surface area contributed by atoms with E-state index in [0.717, 1.165) is 6.07 Å². The number of halogens is 2. The second kappa shape index (κ2) is 5.25. The van der Waals surface area contributed by atoms with Gasteiger partial charge in [-0.3, -0.25) is 0 Å². The number of aromatic carboxylic acids is 1. The van der Waals surface area contributed by atoms with Gasteiger partial charge >= 0.3 is 5.97 Å². The first-order valence-corrected chi connectivity index (χ1v) is 6.43. The van der Waals surface area contributed by atoms with Crippen LogP contribution >= 0.6 is 11.6 Å². The van der Waals surface area contributed by atoms with Gasteiger partial charge in [0, 0.05) is 18.6 Å². The van der Waals surface area contributed by atoms with Crippen molar-refractivity contribution in [3.63, 3.8) is 0 Å². The number of fused-ring (bicyclic) bond motifs is 1. The van der Waals surface area contributed by atoms with E-state index in [-0.39, 0.29) is 27.8 Å². The molecule has 1 aromatic carbocycles. The SMILES string of the molecule is O=C(O)c1cc(-c2c(F)c(Cl)cc3c2OCCCO3)no1. The van der Waals surface area contributed by atoms with Crippen LogP contribution in [0.4, 0.5) is 4.39 Å². The first kappa shape index (κ1) is 13.7. The first-order chi connectivity index (χ1) is 10.1. The minimum atomic E-state index is -1.31. The van der Waals surface area contributed by atoms with Gasteiger partial charge < -0.3 is 19.1 Å². The number of carbonyl (C=O) groups is 1. The van der Waals surface area contributed by atoms with E-state index in [4.69, 9.17) is 26.2 Å². The van der Waals surface area contributed by atoms with Gasteiger partial charge in [-0.15, -0.1) is 0 Å². The lowest BCUT2D eigenvalue weighted by Gasteiger charge is -2.12. The maximum Gasteiger partial charge on any atom is 0.374 e. The third kappa shape index (κ3) is 2.40. The highest BCUT2D eigenvalue weighted by atomic mass is 35.5. The number of aromatic nitrogens is 1. The Morgan fingerprint density at radius 1 is 1.33 bits per heavy atom. The smallest absolute Gasteiger partial charge is 0.374 e. The van der Waals surface area contributed by atoms with E-state index in [1.165, 1.54) is 6.07 Å². The Labute approximate surface area is 123 Å². The zero-order valence-electron chi connectivity index (χ0n) is 10.6. The van der Waals surface area contributed by atoms with Crippen LogP contribution in [0.15, 0.2) is 16.7 Å². The van der Waals surface area contributed by atoms with Crippen molar-refractivity contribution in [2.45, 2.75) is 6.42 Å². The van der Waals surface area contributed by atoms with Gasteiger partial charge in [-0.05, 0) is 0 Å². The molecule has 2 heterocycles. The molecule has 21 heavy (non-hydrogen) atoms. The molecule has 6 nitrogen and oxygen atoms in total. The Hall–Kier alpha value is -2.28. The number of hydrogen-bond acceptors (Lipinski definition) is 5. The van der Waals surface area contributed by atoms with Crippen molar-refractivity contribution in [2.24, 2.45) is 0 Å². The number of carboxylic acids is 1. The van der Waals surface area contributed by atoms with E-state index in [2.05, 4.69) is 9.68 Å². The van der Waals surface area contributed by atoms with E-state index < -0.39 is 17.5 Å². The molecule has 0 aliphatic carbocycles. The fraction of sp³-hybridized carbons (Fsp3) is 0.231. The fourth-order valence-electron chi connectivity index (χ4n) is 1.97. The highest BCUT2D eigenvalue weighted by Gasteiger charge is 2.26. The molecule has 3 rings (SSSR count). The zero-order chi connectivity index (χ0) is 15.0. The predicted octanol–water partition coefficient (Wildman–Crippen LogP) is 2.99. The molecule has 0 saturated carbocycles. The third-order valence-electron chi connectivity index (χ3n) is 2.91. The maximum atomic E-state index is 14.3. The average molecular weight is 314 g/mol. The van der Waals surface area contributed by atoms with Crippen LogP contribution in [0.1, 0.15) is 17.0 Å². The van der Waals surface area contributed by atoms with Gasteiger partial charge in [0.15, 0.2) is 17.3 Å². The molecule has 1 aliphatic heterocycles. The molecule has 0 fully saturated rings. The lowest BCUT2D eigenvalue weighted by molar-refractivity contribution is 0.0652. The van der Waals surface area contributed by atoms with E-state index in [9.17, 15) is 9.18 Å². The number of hydrogen-bond donors (Lipinski definition) is 1. The summed E-state index contributed by atoms with van der Waals surface area (Å²) < 4.78 is 29.9. The predicted molar refractivity (Wildman–Crippen MR) is 69.5 cm³/mol. The molecule has 0 atom stereocenters. The number of rotatable bonds is 2. The van der Waals surface area contributed by atoms with Crippen LogP contribution in [0.3, 0.4) is 0 Å². The molecular formula is C13H9ClFNO5. The average Bonchev–Trinajstić information content (AvgIpc) is 2.82. The standard InChI is InChI=1S/C13H9ClFNO5/c14-6-4-8-12(20-3-1-2-19-8)10(11(6)15)7-5-9(13(17)18)21-16-7/h4-5H,1-3H2,(H,17,18). The molecule has 8 heteroatoms. The molecule has 0 bridgehead atoms. The maximum absolute atomic E-state index is 14.3. The molecule has 110 valence electrons. The number of benzene rings is 1. The third-order valence-corrected chi connectivity index (χ3v) is 3.18. The van der Waals surface area contributed by atoms with Crippen LogP contribution < -0.4 is 9.47 Å². The monoisotopic (exact) mass is 313 g/mol. The topological polar surface area (TPSA) is 81.8 Å². The van der Waals surface area contributed by atoms with E-state index >= 15 is 0 Å². The van der Waals surface area contributed by atoms with Gasteiger partial charge in [-0.25, -0.2) is 9.18 Å². The Morgan fingerprint density at radius 2 is 2.10 bits per heavy atom. The van der Waals surface area contributed by atoms with Gasteiger partial charge in [-0.1, -0.05) is 16.8 Å². The summed E-state index contributed by atoms with van der Waals surface area (Å²) in [6, 6.07) is 2.42. The van der Waals surface area contributed by atoms with Crippen molar-refractivity contribution in [3.8, 4) is 22.8 Å². The van der Waals surface area contributed by atoms with Gasteiger partial charge in [0.2, 0.25) is 5.76 Å². The van der Waals surface area contributed by atoms with E-state index in [1.54, 1.807) is 0 Å². The van der Waals surface area contributed by atoms with Crippen LogP contribution in [0.5, 0.6) is 11.5 Å². The van der Waals surface area contributed by atoms with Gasteiger partial charge in [0.1, 0.15) is 5.69 Å². The summed E-state index contributed by atoms with van der Waals surface area (Å²) in [4.78, 5) is 10.8. The van der Waals surface area contributed by atoms with Crippen LogP contribution in [0.2, 0.25) is 5.02 Å². The van der Waals surface area contributed by atoms with Crippen molar-refractivity contribution in [3.05, 3.63) is 28.7 Å². The summed E-state index contributed by atoms with van der Waals surface area (Å²) in [5, 5.41) is 12.2. The number of nitrogens with zero attached hydrogens (tertiary/aromatic N) is 1. The first-order valence-electron chi connectivity index (χ1n) is 6.06. The molecule has 1 aromatic heterocycles. The molecule has 2 aromatic rings. The molecule has 1 aliphatic rings. The van der Waals surface area contributed by atoms with Crippen LogP contribution in [-0.2, 0) is 0 Å². The molecule has 0 saturated heterocycles. The highest BCUT2D eigenvalue weighted by Crippen LogP contribution is 2.44.